The predicted molar refractivity (Wildman–Crippen MR) is 81.1 cm³/mol. The molecule has 1 aromatic carbocycles. The molecule has 0 atom stereocenters. The standard InChI is InChI=1S/C12H8F3N7O3S/c13-12(14,15)10-19-20-11(21(10)16)26-5-8-17-18-9(25-8)6-1-3-7(4-2-6)22(23)24/h1-4H,5,16H2. The zero-order valence-electron chi connectivity index (χ0n) is 12.5. The van der Waals surface area contributed by atoms with Crippen molar-refractivity contribution in [3.8, 4) is 11.5 Å². The molecule has 0 bridgehead atoms. The molecule has 0 aliphatic rings. The fraction of sp³-hybridized carbons (Fsp3) is 0.167. The molecule has 14 heteroatoms. The number of hydrogen-bond donors (Lipinski definition) is 1. The first-order valence-electron chi connectivity index (χ1n) is 6.73. The van der Waals surface area contributed by atoms with Gasteiger partial charge in [-0.15, -0.1) is 20.4 Å². The van der Waals surface area contributed by atoms with E-state index in [1.165, 1.54) is 24.3 Å². The molecule has 3 rings (SSSR count). The quantitative estimate of drug-likeness (QED) is 0.302. The van der Waals surface area contributed by atoms with Crippen molar-refractivity contribution in [2.24, 2.45) is 0 Å². The molecule has 0 fully saturated rings. The zero-order chi connectivity index (χ0) is 18.9. The average molecular weight is 387 g/mol. The van der Waals surface area contributed by atoms with Crippen LogP contribution in [0.2, 0.25) is 0 Å². The summed E-state index contributed by atoms with van der Waals surface area (Å²) in [5, 5.41) is 24.4. The first-order valence-corrected chi connectivity index (χ1v) is 7.72. The van der Waals surface area contributed by atoms with Crippen molar-refractivity contribution in [2.45, 2.75) is 17.1 Å². The van der Waals surface area contributed by atoms with E-state index >= 15 is 0 Å². The fourth-order valence-corrected chi connectivity index (χ4v) is 2.54. The van der Waals surface area contributed by atoms with Gasteiger partial charge < -0.3 is 10.3 Å². The molecule has 0 amide bonds. The second-order valence-corrected chi connectivity index (χ2v) is 5.71. The molecule has 10 nitrogen and oxygen atoms in total. The minimum atomic E-state index is -4.71. The molecular formula is C12H8F3N7O3S. The van der Waals surface area contributed by atoms with Gasteiger partial charge in [0.1, 0.15) is 0 Å². The summed E-state index contributed by atoms with van der Waals surface area (Å²) in [6.45, 7) is 0. The topological polar surface area (TPSA) is 139 Å². The molecule has 2 aromatic heterocycles. The van der Waals surface area contributed by atoms with Crippen LogP contribution in [0.5, 0.6) is 0 Å². The number of nitro benzene ring substituents is 1. The third-order valence-electron chi connectivity index (χ3n) is 3.03. The molecular weight excluding hydrogens is 379 g/mol. The number of nitrogens with two attached hydrogens (primary N) is 1. The molecule has 0 aliphatic heterocycles. The number of nitrogen functional groups attached to an aromatic ring is 1. The molecule has 2 N–H and O–H groups in total. The number of rotatable bonds is 5. The molecule has 2 heterocycles. The first-order chi connectivity index (χ1) is 12.3. The molecule has 3 aromatic rings. The Morgan fingerprint density at radius 1 is 1.19 bits per heavy atom. The number of aromatic nitrogens is 5. The Hall–Kier alpha value is -3.16. The van der Waals surface area contributed by atoms with Gasteiger partial charge in [0, 0.05) is 17.7 Å². The Balaban J connectivity index is 1.69. The Kier molecular flexibility index (Phi) is 4.50. The Morgan fingerprint density at radius 2 is 1.88 bits per heavy atom. The summed E-state index contributed by atoms with van der Waals surface area (Å²) in [5.41, 5.74) is 0.368. The minimum Gasteiger partial charge on any atom is -0.420 e. The maximum Gasteiger partial charge on any atom is 0.453 e. The highest BCUT2D eigenvalue weighted by Crippen LogP contribution is 2.30. The second-order valence-electron chi connectivity index (χ2n) is 4.77. The minimum absolute atomic E-state index is 0.00711. The highest BCUT2D eigenvalue weighted by molar-refractivity contribution is 7.98. The third-order valence-corrected chi connectivity index (χ3v) is 3.96. The Morgan fingerprint density at radius 3 is 2.46 bits per heavy atom. The van der Waals surface area contributed by atoms with Gasteiger partial charge >= 0.3 is 6.18 Å². The van der Waals surface area contributed by atoms with Crippen molar-refractivity contribution in [2.75, 3.05) is 5.84 Å². The lowest BCUT2D eigenvalue weighted by Gasteiger charge is -2.05. The van der Waals surface area contributed by atoms with Gasteiger partial charge in [-0.25, -0.2) is 4.68 Å². The van der Waals surface area contributed by atoms with E-state index in [0.717, 1.165) is 11.8 Å². The summed E-state index contributed by atoms with van der Waals surface area (Å²) in [6.07, 6.45) is -4.71. The maximum absolute atomic E-state index is 12.6. The second kappa shape index (κ2) is 6.62. The van der Waals surface area contributed by atoms with Crippen LogP contribution in [-0.4, -0.2) is 30.0 Å². The van der Waals surface area contributed by atoms with E-state index in [9.17, 15) is 23.3 Å². The highest BCUT2D eigenvalue weighted by atomic mass is 32.2. The van der Waals surface area contributed by atoms with Gasteiger partial charge in [-0.05, 0) is 12.1 Å². The van der Waals surface area contributed by atoms with E-state index in [0.29, 0.717) is 10.2 Å². The number of non-ortho nitro benzene ring substituents is 1. The molecule has 0 unspecified atom stereocenters. The van der Waals surface area contributed by atoms with Crippen molar-refractivity contribution >= 4 is 17.4 Å². The van der Waals surface area contributed by atoms with Gasteiger partial charge in [0.2, 0.25) is 16.9 Å². The highest BCUT2D eigenvalue weighted by Gasteiger charge is 2.38. The van der Waals surface area contributed by atoms with Crippen molar-refractivity contribution in [1.82, 2.24) is 25.1 Å². The van der Waals surface area contributed by atoms with E-state index < -0.39 is 16.9 Å². The molecule has 0 saturated heterocycles. The number of alkyl halides is 3. The molecule has 0 saturated carbocycles. The van der Waals surface area contributed by atoms with Gasteiger partial charge in [0.15, 0.2) is 0 Å². The lowest BCUT2D eigenvalue weighted by atomic mass is 10.2. The van der Waals surface area contributed by atoms with Crippen LogP contribution in [0.3, 0.4) is 0 Å². The molecule has 0 aliphatic carbocycles. The van der Waals surface area contributed by atoms with E-state index in [1.54, 1.807) is 0 Å². The largest absolute Gasteiger partial charge is 0.453 e. The van der Waals surface area contributed by atoms with E-state index in [2.05, 4.69) is 20.4 Å². The predicted octanol–water partition coefficient (Wildman–Crippen LogP) is 2.26. The number of halogens is 3. The van der Waals surface area contributed by atoms with Crippen LogP contribution >= 0.6 is 11.8 Å². The monoisotopic (exact) mass is 387 g/mol. The lowest BCUT2D eigenvalue weighted by molar-refractivity contribution is -0.384. The first kappa shape index (κ1) is 17.7. The van der Waals surface area contributed by atoms with Crippen molar-refractivity contribution < 1.29 is 22.5 Å². The van der Waals surface area contributed by atoms with Crippen molar-refractivity contribution in [3.05, 3.63) is 46.1 Å². The fourth-order valence-electron chi connectivity index (χ4n) is 1.85. The molecule has 26 heavy (non-hydrogen) atoms. The summed E-state index contributed by atoms with van der Waals surface area (Å²) < 4.78 is 43.5. The van der Waals surface area contributed by atoms with E-state index in [-0.39, 0.29) is 28.4 Å². The summed E-state index contributed by atoms with van der Waals surface area (Å²) in [7, 11) is 0. The van der Waals surface area contributed by atoms with Crippen LogP contribution in [0.15, 0.2) is 33.8 Å². The van der Waals surface area contributed by atoms with Crippen LogP contribution in [0.4, 0.5) is 18.9 Å². The normalized spacial score (nSPS) is 11.7. The summed E-state index contributed by atoms with van der Waals surface area (Å²) in [4.78, 5) is 10.1. The van der Waals surface area contributed by atoms with Crippen LogP contribution < -0.4 is 5.84 Å². The number of nitrogens with zero attached hydrogens (tertiary/aromatic N) is 6. The van der Waals surface area contributed by atoms with E-state index in [1.807, 2.05) is 0 Å². The van der Waals surface area contributed by atoms with Crippen LogP contribution in [-0.2, 0) is 11.9 Å². The van der Waals surface area contributed by atoms with Gasteiger partial charge in [0.25, 0.3) is 11.5 Å². The zero-order valence-corrected chi connectivity index (χ0v) is 13.4. The maximum atomic E-state index is 12.6. The van der Waals surface area contributed by atoms with E-state index in [4.69, 9.17) is 10.3 Å². The smallest absolute Gasteiger partial charge is 0.420 e. The number of hydrogen-bond acceptors (Lipinski definition) is 9. The third kappa shape index (κ3) is 3.58. The van der Waals surface area contributed by atoms with Gasteiger partial charge in [-0.3, -0.25) is 10.1 Å². The summed E-state index contributed by atoms with van der Waals surface area (Å²) in [5.74, 6) is 4.23. The van der Waals surface area contributed by atoms with Gasteiger partial charge in [0.05, 0.1) is 10.7 Å². The molecule has 0 spiro atoms. The average Bonchev–Trinajstić information content (AvgIpc) is 3.19. The SMILES string of the molecule is Nn1c(SCc2nnc(-c3ccc([N+](=O)[O-])cc3)o2)nnc1C(F)(F)F. The van der Waals surface area contributed by atoms with Crippen LogP contribution in [0, 0.1) is 10.1 Å². The van der Waals surface area contributed by atoms with Crippen molar-refractivity contribution in [1.29, 1.82) is 0 Å². The van der Waals surface area contributed by atoms with Crippen LogP contribution in [0.25, 0.3) is 11.5 Å². The van der Waals surface area contributed by atoms with Gasteiger partial charge in [-0.2, -0.15) is 13.2 Å². The number of nitro groups is 1. The molecule has 0 radical (unpaired) electrons. The Bertz CT molecular complexity index is 938. The molecule has 136 valence electrons. The number of benzene rings is 1. The van der Waals surface area contributed by atoms with Crippen molar-refractivity contribution in [3.63, 3.8) is 0 Å². The Labute approximate surface area is 146 Å². The lowest BCUT2D eigenvalue weighted by Crippen LogP contribution is -2.21. The summed E-state index contributed by atoms with van der Waals surface area (Å²) >= 11 is 0.831. The summed E-state index contributed by atoms with van der Waals surface area (Å²) in [6, 6.07) is 5.44. The van der Waals surface area contributed by atoms with Gasteiger partial charge in [-0.1, -0.05) is 11.8 Å². The van der Waals surface area contributed by atoms with Crippen LogP contribution in [0.1, 0.15) is 11.7 Å². The number of thioether (sulfide) groups is 1.